The van der Waals surface area contributed by atoms with E-state index in [1.165, 1.54) is 0 Å². The molecule has 2 rings (SSSR count). The van der Waals surface area contributed by atoms with E-state index in [1.807, 2.05) is 46.2 Å². The van der Waals surface area contributed by atoms with E-state index in [2.05, 4.69) is 10.4 Å². The third-order valence-corrected chi connectivity index (χ3v) is 4.52. The van der Waals surface area contributed by atoms with E-state index in [1.54, 1.807) is 19.9 Å². The zero-order chi connectivity index (χ0) is 20.7. The number of aromatic nitrogens is 3. The average Bonchev–Trinajstić information content (AvgIpc) is 2.88. The topological polar surface area (TPSA) is 97.1 Å². The van der Waals surface area contributed by atoms with E-state index < -0.39 is 17.9 Å². The fourth-order valence-electron chi connectivity index (χ4n) is 2.98. The monoisotopic (exact) mass is 374 g/mol. The Morgan fingerprint density at radius 3 is 2.22 bits per heavy atom. The van der Waals surface area contributed by atoms with Gasteiger partial charge in [-0.15, -0.1) is 0 Å². The van der Waals surface area contributed by atoms with Gasteiger partial charge in [0.2, 0.25) is 0 Å². The highest BCUT2D eigenvalue weighted by molar-refractivity contribution is 6.07. The van der Waals surface area contributed by atoms with Crippen molar-refractivity contribution < 1.29 is 14.7 Å². The van der Waals surface area contributed by atoms with Crippen molar-refractivity contribution in [1.82, 2.24) is 20.1 Å². The first-order valence-corrected chi connectivity index (χ1v) is 9.29. The standard InChI is InChI=1S/C20H30N4O3/c1-10(2)14-9-13(18(25)22-16(11(3)4)19(26)27)15-12(5)23-24(17(15)21-14)20(6,7)8/h9-11,16H,1-8H3,(H,22,25)(H,26,27)/t16-/m0/s1. The SMILES string of the molecule is Cc1nn(C(C)(C)C)c2nc(C(C)C)cc(C(=O)N[C@H](C(=O)O)C(C)C)c12. The molecule has 2 aromatic rings. The van der Waals surface area contributed by atoms with Crippen LogP contribution in [0, 0.1) is 12.8 Å². The van der Waals surface area contributed by atoms with Crippen LogP contribution < -0.4 is 5.32 Å². The molecule has 2 N–H and O–H groups in total. The molecule has 7 nitrogen and oxygen atoms in total. The molecule has 0 unspecified atom stereocenters. The molecular weight excluding hydrogens is 344 g/mol. The van der Waals surface area contributed by atoms with Gasteiger partial charge in [0.15, 0.2) is 5.65 Å². The van der Waals surface area contributed by atoms with Gasteiger partial charge in [-0.05, 0) is 45.6 Å². The Morgan fingerprint density at radius 1 is 1.19 bits per heavy atom. The largest absolute Gasteiger partial charge is 0.480 e. The summed E-state index contributed by atoms with van der Waals surface area (Å²) in [6, 6.07) is 0.796. The summed E-state index contributed by atoms with van der Waals surface area (Å²) in [5.41, 5.74) is 2.24. The summed E-state index contributed by atoms with van der Waals surface area (Å²) in [6.45, 7) is 15.5. The summed E-state index contributed by atoms with van der Waals surface area (Å²) >= 11 is 0. The Bertz CT molecular complexity index is 875. The zero-order valence-corrected chi connectivity index (χ0v) is 17.4. The smallest absolute Gasteiger partial charge is 0.326 e. The second kappa shape index (κ2) is 7.29. The molecule has 2 aromatic heterocycles. The highest BCUT2D eigenvalue weighted by atomic mass is 16.4. The third kappa shape index (κ3) is 4.12. The zero-order valence-electron chi connectivity index (χ0n) is 17.4. The Kier molecular flexibility index (Phi) is 5.63. The van der Waals surface area contributed by atoms with Gasteiger partial charge in [0.05, 0.1) is 22.2 Å². The van der Waals surface area contributed by atoms with Crippen molar-refractivity contribution in [2.75, 3.05) is 0 Å². The number of hydrogen-bond donors (Lipinski definition) is 2. The highest BCUT2D eigenvalue weighted by Gasteiger charge is 2.28. The summed E-state index contributed by atoms with van der Waals surface area (Å²) in [4.78, 5) is 29.3. The number of hydrogen-bond acceptors (Lipinski definition) is 4. The number of aliphatic carboxylic acids is 1. The van der Waals surface area contributed by atoms with Gasteiger partial charge in [0.25, 0.3) is 5.91 Å². The fraction of sp³-hybridized carbons (Fsp3) is 0.600. The average molecular weight is 374 g/mol. The molecule has 0 aliphatic carbocycles. The molecule has 27 heavy (non-hydrogen) atoms. The van der Waals surface area contributed by atoms with Gasteiger partial charge in [-0.25, -0.2) is 14.5 Å². The minimum Gasteiger partial charge on any atom is -0.480 e. The quantitative estimate of drug-likeness (QED) is 0.835. The third-order valence-electron chi connectivity index (χ3n) is 4.52. The molecule has 0 saturated heterocycles. The van der Waals surface area contributed by atoms with E-state index in [4.69, 9.17) is 4.98 Å². The first-order chi connectivity index (χ1) is 12.3. The molecular formula is C20H30N4O3. The van der Waals surface area contributed by atoms with Crippen molar-refractivity contribution in [3.63, 3.8) is 0 Å². The first-order valence-electron chi connectivity index (χ1n) is 9.29. The van der Waals surface area contributed by atoms with Crippen LogP contribution in [0.15, 0.2) is 6.07 Å². The van der Waals surface area contributed by atoms with Crippen LogP contribution in [0.4, 0.5) is 0 Å². The lowest BCUT2D eigenvalue weighted by atomic mass is 10.0. The number of rotatable bonds is 5. The van der Waals surface area contributed by atoms with Crippen LogP contribution >= 0.6 is 0 Å². The number of carbonyl (C=O) groups is 2. The fourth-order valence-corrected chi connectivity index (χ4v) is 2.98. The van der Waals surface area contributed by atoms with Crippen LogP contribution in [0.2, 0.25) is 0 Å². The molecule has 0 radical (unpaired) electrons. The van der Waals surface area contributed by atoms with E-state index >= 15 is 0 Å². The summed E-state index contributed by atoms with van der Waals surface area (Å²) in [5.74, 6) is -1.58. The summed E-state index contributed by atoms with van der Waals surface area (Å²) in [7, 11) is 0. The lowest BCUT2D eigenvalue weighted by Gasteiger charge is -2.21. The van der Waals surface area contributed by atoms with Crippen LogP contribution in [0.25, 0.3) is 11.0 Å². The van der Waals surface area contributed by atoms with Gasteiger partial charge in [0.1, 0.15) is 6.04 Å². The van der Waals surface area contributed by atoms with E-state index in [-0.39, 0.29) is 17.4 Å². The van der Waals surface area contributed by atoms with Crippen molar-refractivity contribution in [3.05, 3.63) is 23.0 Å². The van der Waals surface area contributed by atoms with Gasteiger partial charge < -0.3 is 10.4 Å². The van der Waals surface area contributed by atoms with Crippen molar-refractivity contribution in [2.45, 2.75) is 72.9 Å². The number of aryl methyl sites for hydroxylation is 1. The van der Waals surface area contributed by atoms with Crippen LogP contribution in [-0.2, 0) is 10.3 Å². The molecule has 7 heteroatoms. The van der Waals surface area contributed by atoms with Crippen molar-refractivity contribution in [2.24, 2.45) is 5.92 Å². The number of carboxylic acids is 1. The van der Waals surface area contributed by atoms with Gasteiger partial charge >= 0.3 is 5.97 Å². The first kappa shape index (κ1) is 20.9. The second-order valence-electron chi connectivity index (χ2n) is 8.65. The maximum absolute atomic E-state index is 13.0. The van der Waals surface area contributed by atoms with Crippen LogP contribution in [-0.4, -0.2) is 37.8 Å². The summed E-state index contributed by atoms with van der Waals surface area (Å²) in [6.07, 6.45) is 0. The Balaban J connectivity index is 2.70. The van der Waals surface area contributed by atoms with Gasteiger partial charge in [-0.1, -0.05) is 27.7 Å². The molecule has 0 fully saturated rings. The molecule has 0 spiro atoms. The predicted molar refractivity (Wildman–Crippen MR) is 105 cm³/mol. The maximum atomic E-state index is 13.0. The lowest BCUT2D eigenvalue weighted by molar-refractivity contribution is -0.140. The number of nitrogens with one attached hydrogen (secondary N) is 1. The second-order valence-corrected chi connectivity index (χ2v) is 8.65. The van der Waals surface area contributed by atoms with Crippen molar-refractivity contribution >= 4 is 22.9 Å². The predicted octanol–water partition coefficient (Wildman–Crippen LogP) is 3.46. The summed E-state index contributed by atoms with van der Waals surface area (Å²) in [5, 5.41) is 17.4. The van der Waals surface area contributed by atoms with E-state index in [0.29, 0.717) is 22.3 Å². The molecule has 1 atom stereocenters. The minimum atomic E-state index is -1.05. The van der Waals surface area contributed by atoms with Gasteiger partial charge in [0, 0.05) is 5.69 Å². The molecule has 1 amide bonds. The van der Waals surface area contributed by atoms with Crippen LogP contribution in [0.1, 0.15) is 76.1 Å². The maximum Gasteiger partial charge on any atom is 0.326 e. The molecule has 0 aromatic carbocycles. The Morgan fingerprint density at radius 2 is 1.78 bits per heavy atom. The number of pyridine rings is 1. The lowest BCUT2D eigenvalue weighted by Crippen LogP contribution is -2.44. The molecule has 2 heterocycles. The molecule has 148 valence electrons. The number of amides is 1. The number of carbonyl (C=O) groups excluding carboxylic acids is 1. The van der Waals surface area contributed by atoms with E-state index in [9.17, 15) is 14.7 Å². The normalized spacial score (nSPS) is 13.4. The Hall–Kier alpha value is -2.44. The van der Waals surface area contributed by atoms with E-state index in [0.717, 1.165) is 5.69 Å². The van der Waals surface area contributed by atoms with Crippen LogP contribution in [0.3, 0.4) is 0 Å². The molecule has 0 aliphatic rings. The molecule has 0 aliphatic heterocycles. The minimum absolute atomic E-state index is 0.116. The number of nitrogens with zero attached hydrogens (tertiary/aromatic N) is 3. The highest BCUT2D eigenvalue weighted by Crippen LogP contribution is 2.29. The van der Waals surface area contributed by atoms with Crippen LogP contribution in [0.5, 0.6) is 0 Å². The number of carboxylic acid groups (broad SMARTS) is 1. The summed E-state index contributed by atoms with van der Waals surface area (Å²) < 4.78 is 1.83. The number of fused-ring (bicyclic) bond motifs is 1. The van der Waals surface area contributed by atoms with Crippen molar-refractivity contribution in [3.8, 4) is 0 Å². The van der Waals surface area contributed by atoms with Gasteiger partial charge in [-0.2, -0.15) is 5.10 Å². The molecule has 0 saturated carbocycles. The van der Waals surface area contributed by atoms with Crippen molar-refractivity contribution in [1.29, 1.82) is 0 Å². The molecule has 0 bridgehead atoms. The van der Waals surface area contributed by atoms with Gasteiger partial charge in [-0.3, -0.25) is 4.79 Å². The Labute approximate surface area is 160 Å².